The molecule has 2 rings (SSSR count). The number of ether oxygens (including phenoxy) is 1. The van der Waals surface area contributed by atoms with E-state index in [-0.39, 0.29) is 0 Å². The number of nitrogen functional groups attached to an aromatic ring is 1. The van der Waals surface area contributed by atoms with E-state index in [0.717, 1.165) is 24.8 Å². The first-order valence-corrected chi connectivity index (χ1v) is 4.77. The van der Waals surface area contributed by atoms with Crippen LogP contribution in [-0.4, -0.2) is 6.61 Å². The summed E-state index contributed by atoms with van der Waals surface area (Å²) in [6.07, 6.45) is 2.70. The molecular weight excluding hydrogens is 162 g/mol. The molecule has 1 saturated carbocycles. The first-order valence-electron chi connectivity index (χ1n) is 4.77. The fourth-order valence-electron chi connectivity index (χ4n) is 1.24. The van der Waals surface area contributed by atoms with Crippen LogP contribution < -0.4 is 5.73 Å². The van der Waals surface area contributed by atoms with Crippen LogP contribution in [0, 0.1) is 5.92 Å². The van der Waals surface area contributed by atoms with Crippen molar-refractivity contribution >= 4 is 5.69 Å². The summed E-state index contributed by atoms with van der Waals surface area (Å²) in [4.78, 5) is 0. The summed E-state index contributed by atoms with van der Waals surface area (Å²) in [6.45, 7) is 1.64. The fraction of sp³-hybridized carbons (Fsp3) is 0.455. The van der Waals surface area contributed by atoms with Crippen LogP contribution in [0.4, 0.5) is 5.69 Å². The molecule has 0 atom stereocenters. The molecule has 0 aliphatic heterocycles. The second-order valence-electron chi connectivity index (χ2n) is 3.70. The van der Waals surface area contributed by atoms with E-state index in [9.17, 15) is 0 Å². The van der Waals surface area contributed by atoms with Crippen LogP contribution in [0.2, 0.25) is 0 Å². The number of rotatable bonds is 4. The Labute approximate surface area is 78.7 Å². The van der Waals surface area contributed by atoms with E-state index in [1.807, 2.05) is 24.3 Å². The second-order valence-corrected chi connectivity index (χ2v) is 3.70. The van der Waals surface area contributed by atoms with Gasteiger partial charge in [0.05, 0.1) is 6.61 Å². The lowest BCUT2D eigenvalue weighted by molar-refractivity contribution is 0.111. The molecule has 1 aliphatic carbocycles. The van der Waals surface area contributed by atoms with Crippen molar-refractivity contribution in [2.75, 3.05) is 12.3 Å². The van der Waals surface area contributed by atoms with E-state index in [2.05, 4.69) is 0 Å². The standard InChI is InChI=1S/C11H15NO/c12-11-5-3-10(4-6-11)8-13-7-9-1-2-9/h3-6,9H,1-2,7-8,12H2. The minimum absolute atomic E-state index is 0.719. The molecule has 70 valence electrons. The lowest BCUT2D eigenvalue weighted by Gasteiger charge is -2.03. The molecule has 0 unspecified atom stereocenters. The Morgan fingerprint density at radius 2 is 1.92 bits per heavy atom. The highest BCUT2D eigenvalue weighted by atomic mass is 16.5. The Hall–Kier alpha value is -1.02. The first-order chi connectivity index (χ1) is 6.34. The number of anilines is 1. The molecule has 0 radical (unpaired) electrons. The molecule has 2 nitrogen and oxygen atoms in total. The molecule has 2 heteroatoms. The Balaban J connectivity index is 1.76. The number of benzene rings is 1. The highest BCUT2D eigenvalue weighted by Gasteiger charge is 2.20. The van der Waals surface area contributed by atoms with Crippen LogP contribution in [-0.2, 0) is 11.3 Å². The van der Waals surface area contributed by atoms with Gasteiger partial charge in [-0.05, 0) is 36.5 Å². The van der Waals surface area contributed by atoms with Gasteiger partial charge in [0.2, 0.25) is 0 Å². The summed E-state index contributed by atoms with van der Waals surface area (Å²) in [5.74, 6) is 0.841. The zero-order chi connectivity index (χ0) is 9.10. The quantitative estimate of drug-likeness (QED) is 0.715. The average Bonchev–Trinajstić information content (AvgIpc) is 2.92. The summed E-state index contributed by atoms with van der Waals surface area (Å²) >= 11 is 0. The molecule has 0 bridgehead atoms. The molecule has 0 saturated heterocycles. The smallest absolute Gasteiger partial charge is 0.0717 e. The molecule has 13 heavy (non-hydrogen) atoms. The van der Waals surface area contributed by atoms with Gasteiger partial charge in [0, 0.05) is 12.3 Å². The SMILES string of the molecule is Nc1ccc(COCC2CC2)cc1. The Morgan fingerprint density at radius 3 is 2.54 bits per heavy atom. The third-order valence-corrected chi connectivity index (χ3v) is 2.30. The topological polar surface area (TPSA) is 35.2 Å². The summed E-state index contributed by atoms with van der Waals surface area (Å²) < 4.78 is 5.54. The maximum absolute atomic E-state index is 5.57. The van der Waals surface area contributed by atoms with Crippen LogP contribution in [0.3, 0.4) is 0 Å². The van der Waals surface area contributed by atoms with Gasteiger partial charge in [0.25, 0.3) is 0 Å². The predicted octanol–water partition coefficient (Wildman–Crippen LogP) is 2.20. The van der Waals surface area contributed by atoms with Gasteiger partial charge in [-0.2, -0.15) is 0 Å². The molecule has 1 aliphatic rings. The third-order valence-electron chi connectivity index (χ3n) is 2.30. The molecular formula is C11H15NO. The summed E-state index contributed by atoms with van der Waals surface area (Å²) in [6, 6.07) is 7.86. The largest absolute Gasteiger partial charge is 0.399 e. The van der Waals surface area contributed by atoms with Gasteiger partial charge in [0.1, 0.15) is 0 Å². The fourth-order valence-corrected chi connectivity index (χ4v) is 1.24. The Morgan fingerprint density at radius 1 is 1.23 bits per heavy atom. The molecule has 2 N–H and O–H groups in total. The molecule has 1 aromatic carbocycles. The van der Waals surface area contributed by atoms with E-state index in [4.69, 9.17) is 10.5 Å². The van der Waals surface area contributed by atoms with Gasteiger partial charge in [-0.25, -0.2) is 0 Å². The van der Waals surface area contributed by atoms with Crippen molar-refractivity contribution in [3.05, 3.63) is 29.8 Å². The van der Waals surface area contributed by atoms with Crippen molar-refractivity contribution in [1.29, 1.82) is 0 Å². The van der Waals surface area contributed by atoms with Crippen molar-refractivity contribution in [2.24, 2.45) is 5.92 Å². The summed E-state index contributed by atoms with van der Waals surface area (Å²) in [5.41, 5.74) is 7.59. The van der Waals surface area contributed by atoms with Crippen molar-refractivity contribution in [2.45, 2.75) is 19.4 Å². The van der Waals surface area contributed by atoms with E-state index in [1.54, 1.807) is 0 Å². The molecule has 0 aromatic heterocycles. The summed E-state index contributed by atoms with van der Waals surface area (Å²) in [7, 11) is 0. The van der Waals surface area contributed by atoms with Gasteiger partial charge in [-0.15, -0.1) is 0 Å². The van der Waals surface area contributed by atoms with Crippen molar-refractivity contribution < 1.29 is 4.74 Å². The maximum Gasteiger partial charge on any atom is 0.0717 e. The zero-order valence-corrected chi connectivity index (χ0v) is 7.70. The van der Waals surface area contributed by atoms with Crippen LogP contribution in [0.25, 0.3) is 0 Å². The van der Waals surface area contributed by atoms with E-state index >= 15 is 0 Å². The number of hydrogen-bond acceptors (Lipinski definition) is 2. The summed E-state index contributed by atoms with van der Waals surface area (Å²) in [5, 5.41) is 0. The van der Waals surface area contributed by atoms with E-state index < -0.39 is 0 Å². The maximum atomic E-state index is 5.57. The van der Waals surface area contributed by atoms with Crippen molar-refractivity contribution in [3.63, 3.8) is 0 Å². The van der Waals surface area contributed by atoms with Gasteiger partial charge in [-0.3, -0.25) is 0 Å². The first kappa shape index (κ1) is 8.57. The van der Waals surface area contributed by atoms with Gasteiger partial charge in [-0.1, -0.05) is 12.1 Å². The van der Waals surface area contributed by atoms with Crippen molar-refractivity contribution in [1.82, 2.24) is 0 Å². The van der Waals surface area contributed by atoms with Crippen LogP contribution in [0.5, 0.6) is 0 Å². The molecule has 1 fully saturated rings. The van der Waals surface area contributed by atoms with Gasteiger partial charge < -0.3 is 10.5 Å². The highest BCUT2D eigenvalue weighted by molar-refractivity contribution is 5.39. The lowest BCUT2D eigenvalue weighted by Crippen LogP contribution is -1.96. The van der Waals surface area contributed by atoms with Crippen LogP contribution >= 0.6 is 0 Å². The Bertz CT molecular complexity index is 264. The molecule has 1 aromatic rings. The van der Waals surface area contributed by atoms with Gasteiger partial charge in [0.15, 0.2) is 0 Å². The second kappa shape index (κ2) is 3.79. The third kappa shape index (κ3) is 2.74. The zero-order valence-electron chi connectivity index (χ0n) is 7.70. The molecule has 0 heterocycles. The van der Waals surface area contributed by atoms with E-state index in [1.165, 1.54) is 18.4 Å². The van der Waals surface area contributed by atoms with Crippen molar-refractivity contribution in [3.8, 4) is 0 Å². The van der Waals surface area contributed by atoms with Gasteiger partial charge >= 0.3 is 0 Å². The minimum Gasteiger partial charge on any atom is -0.399 e. The number of hydrogen-bond donors (Lipinski definition) is 1. The molecule has 0 amide bonds. The monoisotopic (exact) mass is 177 g/mol. The van der Waals surface area contributed by atoms with E-state index in [0.29, 0.717) is 0 Å². The minimum atomic E-state index is 0.719. The average molecular weight is 177 g/mol. The lowest BCUT2D eigenvalue weighted by atomic mass is 10.2. The normalized spacial score (nSPS) is 16.0. The number of nitrogens with two attached hydrogens (primary N) is 1. The highest BCUT2D eigenvalue weighted by Crippen LogP contribution is 2.29. The predicted molar refractivity (Wildman–Crippen MR) is 53.2 cm³/mol. The Kier molecular flexibility index (Phi) is 2.50. The van der Waals surface area contributed by atoms with Crippen LogP contribution in [0.15, 0.2) is 24.3 Å². The van der Waals surface area contributed by atoms with Crippen LogP contribution in [0.1, 0.15) is 18.4 Å². The molecule has 0 spiro atoms.